The average molecular weight is 385 g/mol. The molecular formula is C22H27NO5. The molecule has 1 aliphatic heterocycles. The number of fused-ring (bicyclic) bond motifs is 1. The Hall–Kier alpha value is -2.89. The summed E-state index contributed by atoms with van der Waals surface area (Å²) < 4.78 is 21.7. The summed E-state index contributed by atoms with van der Waals surface area (Å²) in [6.45, 7) is 3.74. The Balaban J connectivity index is 1.49. The van der Waals surface area contributed by atoms with Crippen LogP contribution in [-0.2, 0) is 11.2 Å². The van der Waals surface area contributed by atoms with Crippen molar-refractivity contribution in [2.45, 2.75) is 25.7 Å². The maximum absolute atomic E-state index is 12.3. The van der Waals surface area contributed by atoms with Gasteiger partial charge in [0.05, 0.1) is 14.2 Å². The van der Waals surface area contributed by atoms with E-state index in [4.69, 9.17) is 18.9 Å². The molecule has 1 N–H and O–H groups in total. The van der Waals surface area contributed by atoms with Crippen molar-refractivity contribution in [1.82, 2.24) is 5.32 Å². The first-order valence-corrected chi connectivity index (χ1v) is 9.48. The van der Waals surface area contributed by atoms with Crippen molar-refractivity contribution in [1.29, 1.82) is 0 Å². The van der Waals surface area contributed by atoms with Crippen molar-refractivity contribution in [3.05, 3.63) is 47.5 Å². The molecule has 0 fully saturated rings. The van der Waals surface area contributed by atoms with Crippen molar-refractivity contribution in [2.75, 3.05) is 34.0 Å². The molecule has 0 radical (unpaired) electrons. The Labute approximate surface area is 165 Å². The summed E-state index contributed by atoms with van der Waals surface area (Å²) in [6.07, 6.45) is 1.15. The third kappa shape index (κ3) is 4.88. The molecule has 1 amide bonds. The lowest BCUT2D eigenvalue weighted by Crippen LogP contribution is -2.26. The van der Waals surface area contributed by atoms with Gasteiger partial charge in [0.2, 0.25) is 5.91 Å². The number of nitrogens with one attached hydrogen (secondary N) is 1. The van der Waals surface area contributed by atoms with Crippen LogP contribution in [0.15, 0.2) is 36.4 Å². The third-order valence-electron chi connectivity index (χ3n) is 4.81. The Morgan fingerprint density at radius 1 is 1.04 bits per heavy atom. The molecule has 1 unspecified atom stereocenters. The SMILES string of the molecule is COc1ccc(CCNC(=O)CC(C)c2ccc3c(c2)OCCO3)cc1OC. The maximum atomic E-state index is 12.3. The van der Waals surface area contributed by atoms with Crippen LogP contribution in [0, 0.1) is 0 Å². The van der Waals surface area contributed by atoms with Gasteiger partial charge in [-0.1, -0.05) is 19.1 Å². The van der Waals surface area contributed by atoms with Gasteiger partial charge in [0.1, 0.15) is 13.2 Å². The van der Waals surface area contributed by atoms with Crippen LogP contribution < -0.4 is 24.3 Å². The van der Waals surface area contributed by atoms with E-state index >= 15 is 0 Å². The van der Waals surface area contributed by atoms with Gasteiger partial charge in [-0.2, -0.15) is 0 Å². The van der Waals surface area contributed by atoms with Gasteiger partial charge in [-0.3, -0.25) is 4.79 Å². The molecule has 1 atom stereocenters. The van der Waals surface area contributed by atoms with Crippen LogP contribution in [0.5, 0.6) is 23.0 Å². The fraction of sp³-hybridized carbons (Fsp3) is 0.409. The van der Waals surface area contributed by atoms with Crippen LogP contribution in [0.4, 0.5) is 0 Å². The van der Waals surface area contributed by atoms with E-state index in [1.165, 1.54) is 0 Å². The first-order chi connectivity index (χ1) is 13.6. The Kier molecular flexibility index (Phi) is 6.63. The van der Waals surface area contributed by atoms with E-state index in [9.17, 15) is 4.79 Å². The van der Waals surface area contributed by atoms with Crippen LogP contribution in [0.1, 0.15) is 30.4 Å². The maximum Gasteiger partial charge on any atom is 0.220 e. The molecule has 6 heteroatoms. The average Bonchev–Trinajstić information content (AvgIpc) is 2.73. The number of methoxy groups -OCH3 is 2. The number of benzene rings is 2. The van der Waals surface area contributed by atoms with Crippen LogP contribution in [0.2, 0.25) is 0 Å². The lowest BCUT2D eigenvalue weighted by molar-refractivity contribution is -0.121. The number of hydrogen-bond acceptors (Lipinski definition) is 5. The van der Waals surface area contributed by atoms with Crippen molar-refractivity contribution in [3.63, 3.8) is 0 Å². The van der Waals surface area contributed by atoms with Gasteiger partial charge in [0.25, 0.3) is 0 Å². The number of carbonyl (C=O) groups excluding carboxylic acids is 1. The molecule has 0 aliphatic carbocycles. The van der Waals surface area contributed by atoms with Gasteiger partial charge in [-0.15, -0.1) is 0 Å². The Morgan fingerprint density at radius 2 is 1.79 bits per heavy atom. The highest BCUT2D eigenvalue weighted by Gasteiger charge is 2.16. The molecule has 6 nitrogen and oxygen atoms in total. The fourth-order valence-corrected chi connectivity index (χ4v) is 3.22. The van der Waals surface area contributed by atoms with E-state index in [1.807, 2.05) is 43.3 Å². The van der Waals surface area contributed by atoms with E-state index in [0.29, 0.717) is 37.7 Å². The lowest BCUT2D eigenvalue weighted by Gasteiger charge is -2.20. The summed E-state index contributed by atoms with van der Waals surface area (Å²) in [6, 6.07) is 11.7. The number of amides is 1. The first kappa shape index (κ1) is 19.9. The molecule has 3 rings (SSSR count). The van der Waals surface area contributed by atoms with Crippen molar-refractivity contribution in [3.8, 4) is 23.0 Å². The van der Waals surface area contributed by atoms with Crippen LogP contribution in [-0.4, -0.2) is 39.9 Å². The molecule has 2 aromatic rings. The van der Waals surface area contributed by atoms with E-state index in [1.54, 1.807) is 14.2 Å². The van der Waals surface area contributed by atoms with Crippen LogP contribution in [0.25, 0.3) is 0 Å². The molecule has 0 spiro atoms. The zero-order valence-corrected chi connectivity index (χ0v) is 16.6. The van der Waals surface area contributed by atoms with E-state index < -0.39 is 0 Å². The monoisotopic (exact) mass is 385 g/mol. The first-order valence-electron chi connectivity index (χ1n) is 9.48. The molecule has 0 aromatic heterocycles. The third-order valence-corrected chi connectivity index (χ3v) is 4.81. The van der Waals surface area contributed by atoms with Gasteiger partial charge < -0.3 is 24.3 Å². The zero-order valence-electron chi connectivity index (χ0n) is 16.6. The van der Waals surface area contributed by atoms with Gasteiger partial charge in [0.15, 0.2) is 23.0 Å². The zero-order chi connectivity index (χ0) is 19.9. The van der Waals surface area contributed by atoms with Crippen molar-refractivity contribution in [2.24, 2.45) is 0 Å². The predicted molar refractivity (Wildman–Crippen MR) is 107 cm³/mol. The topological polar surface area (TPSA) is 66.0 Å². The highest BCUT2D eigenvalue weighted by molar-refractivity contribution is 5.76. The molecular weight excluding hydrogens is 358 g/mol. The van der Waals surface area contributed by atoms with Gasteiger partial charge in [0, 0.05) is 13.0 Å². The van der Waals surface area contributed by atoms with E-state index in [2.05, 4.69) is 5.32 Å². The van der Waals surface area contributed by atoms with Gasteiger partial charge >= 0.3 is 0 Å². The van der Waals surface area contributed by atoms with E-state index in [0.717, 1.165) is 29.0 Å². The molecule has 1 heterocycles. The predicted octanol–water partition coefficient (Wildman–Crippen LogP) is 3.33. The summed E-state index contributed by atoms with van der Waals surface area (Å²) >= 11 is 0. The summed E-state index contributed by atoms with van der Waals surface area (Å²) in [5.41, 5.74) is 2.15. The molecule has 2 aromatic carbocycles. The standard InChI is InChI=1S/C22H27NO5/c1-15(17-5-7-19-21(14-17)28-11-10-27-19)12-22(24)23-9-8-16-4-6-18(25-2)20(13-16)26-3/h4-7,13-15H,8-12H2,1-3H3,(H,23,24). The largest absolute Gasteiger partial charge is 0.493 e. The second kappa shape index (κ2) is 9.35. The summed E-state index contributed by atoms with van der Waals surface area (Å²) in [7, 11) is 3.23. The number of hydrogen-bond donors (Lipinski definition) is 1. The molecule has 0 bridgehead atoms. The highest BCUT2D eigenvalue weighted by Crippen LogP contribution is 2.33. The second-order valence-corrected chi connectivity index (χ2v) is 6.80. The summed E-state index contributed by atoms with van der Waals surface area (Å²) in [5, 5.41) is 2.99. The lowest BCUT2D eigenvalue weighted by atomic mass is 9.97. The second-order valence-electron chi connectivity index (χ2n) is 6.80. The minimum absolute atomic E-state index is 0.0304. The molecule has 0 saturated carbocycles. The van der Waals surface area contributed by atoms with Crippen molar-refractivity contribution >= 4 is 5.91 Å². The van der Waals surface area contributed by atoms with E-state index in [-0.39, 0.29) is 11.8 Å². The number of carbonyl (C=O) groups is 1. The smallest absolute Gasteiger partial charge is 0.220 e. The fourth-order valence-electron chi connectivity index (χ4n) is 3.22. The molecule has 0 saturated heterocycles. The van der Waals surface area contributed by atoms with Crippen molar-refractivity contribution < 1.29 is 23.7 Å². The molecule has 150 valence electrons. The Bertz CT molecular complexity index is 821. The van der Waals surface area contributed by atoms with Gasteiger partial charge in [-0.05, 0) is 47.7 Å². The molecule has 1 aliphatic rings. The Morgan fingerprint density at radius 3 is 2.54 bits per heavy atom. The van der Waals surface area contributed by atoms with Crippen LogP contribution >= 0.6 is 0 Å². The van der Waals surface area contributed by atoms with Crippen LogP contribution in [0.3, 0.4) is 0 Å². The minimum Gasteiger partial charge on any atom is -0.493 e. The normalized spacial score (nSPS) is 13.5. The quantitative estimate of drug-likeness (QED) is 0.755. The summed E-state index contributed by atoms with van der Waals surface area (Å²) in [4.78, 5) is 12.3. The minimum atomic E-state index is 0.0304. The number of rotatable bonds is 8. The number of ether oxygens (including phenoxy) is 4. The van der Waals surface area contributed by atoms with Gasteiger partial charge in [-0.25, -0.2) is 0 Å². The molecule has 28 heavy (non-hydrogen) atoms. The highest BCUT2D eigenvalue weighted by atomic mass is 16.6. The summed E-state index contributed by atoms with van der Waals surface area (Å²) in [5.74, 6) is 3.04.